The summed E-state index contributed by atoms with van der Waals surface area (Å²) in [4.78, 5) is 4.44. The molecule has 0 aliphatic carbocycles. The van der Waals surface area contributed by atoms with Gasteiger partial charge in [0.15, 0.2) is 0 Å². The molecule has 0 spiro atoms. The molecule has 7 heteroatoms. The number of nitrogens with zero attached hydrogens (tertiary/aromatic N) is 2. The van der Waals surface area contributed by atoms with Crippen LogP contribution in [0.15, 0.2) is 16.6 Å². The molecular weight excluding hydrogens is 351 g/mol. The average molecular weight is 364 g/mol. The molecule has 1 unspecified atom stereocenters. The molecule has 4 nitrogen and oxygen atoms in total. The van der Waals surface area contributed by atoms with Crippen molar-refractivity contribution in [1.29, 1.82) is 0 Å². The first-order valence-corrected chi connectivity index (χ1v) is 7.61. The molecule has 1 aromatic heterocycles. The lowest BCUT2D eigenvalue weighted by atomic mass is 10.3. The van der Waals surface area contributed by atoms with Gasteiger partial charge in [0, 0.05) is 6.07 Å². The van der Waals surface area contributed by atoms with Crippen LogP contribution in [-0.2, 0) is 21.9 Å². The van der Waals surface area contributed by atoms with Crippen LogP contribution in [0.2, 0.25) is 0 Å². The van der Waals surface area contributed by atoms with Crippen LogP contribution in [0.4, 0.5) is 4.39 Å². The number of rotatable bonds is 3. The lowest BCUT2D eigenvalue weighted by Gasteiger charge is -2.24. The number of ether oxygens (including phenoxy) is 2. The summed E-state index contributed by atoms with van der Waals surface area (Å²) in [6, 6.07) is 3.13. The molecule has 1 aliphatic rings. The summed E-state index contributed by atoms with van der Waals surface area (Å²) in [5.41, 5.74) is 1.43. The number of imidazole rings is 1. The van der Waals surface area contributed by atoms with E-state index in [9.17, 15) is 4.39 Å². The second-order valence-corrected chi connectivity index (χ2v) is 5.72. The van der Waals surface area contributed by atoms with Crippen molar-refractivity contribution in [2.45, 2.75) is 18.5 Å². The predicted molar refractivity (Wildman–Crippen MR) is 77.5 cm³/mol. The van der Waals surface area contributed by atoms with Crippen LogP contribution >= 0.6 is 27.5 Å². The molecule has 0 amide bonds. The third-order valence-corrected chi connectivity index (χ3v) is 4.11. The van der Waals surface area contributed by atoms with Gasteiger partial charge in [-0.1, -0.05) is 0 Å². The Morgan fingerprint density at radius 3 is 3.00 bits per heavy atom. The van der Waals surface area contributed by atoms with Gasteiger partial charge in [0.05, 0.1) is 53.9 Å². The van der Waals surface area contributed by atoms with E-state index >= 15 is 0 Å². The summed E-state index contributed by atoms with van der Waals surface area (Å²) in [6.07, 6.45) is -0.0603. The minimum absolute atomic E-state index is 0.0603. The zero-order valence-electron chi connectivity index (χ0n) is 10.6. The highest BCUT2D eigenvalue weighted by molar-refractivity contribution is 9.10. The van der Waals surface area contributed by atoms with Crippen molar-refractivity contribution >= 4 is 38.6 Å². The van der Waals surface area contributed by atoms with Gasteiger partial charge < -0.3 is 14.0 Å². The van der Waals surface area contributed by atoms with Gasteiger partial charge in [0.25, 0.3) is 0 Å². The normalized spacial score (nSPS) is 19.6. The summed E-state index contributed by atoms with van der Waals surface area (Å²) in [5, 5.41) is 0. The first kappa shape index (κ1) is 14.3. The summed E-state index contributed by atoms with van der Waals surface area (Å²) in [6.45, 7) is 2.28. The van der Waals surface area contributed by atoms with E-state index in [1.807, 2.05) is 4.57 Å². The monoisotopic (exact) mass is 362 g/mol. The summed E-state index contributed by atoms with van der Waals surface area (Å²) in [5.74, 6) is 0.649. The summed E-state index contributed by atoms with van der Waals surface area (Å²) in [7, 11) is 0. The number of hydrogen-bond acceptors (Lipinski definition) is 3. The molecule has 0 bridgehead atoms. The molecule has 1 fully saturated rings. The Hall–Kier alpha value is -0.690. The maximum Gasteiger partial charge on any atom is 0.139 e. The summed E-state index contributed by atoms with van der Waals surface area (Å²) < 4.78 is 27.1. The zero-order chi connectivity index (χ0) is 14.1. The Balaban J connectivity index is 2.00. The highest BCUT2D eigenvalue weighted by atomic mass is 79.9. The van der Waals surface area contributed by atoms with E-state index in [2.05, 4.69) is 20.9 Å². The second-order valence-electron chi connectivity index (χ2n) is 4.60. The van der Waals surface area contributed by atoms with Crippen molar-refractivity contribution < 1.29 is 13.9 Å². The maximum absolute atomic E-state index is 13.7. The van der Waals surface area contributed by atoms with Gasteiger partial charge in [0.2, 0.25) is 0 Å². The lowest BCUT2D eigenvalue weighted by molar-refractivity contribution is -0.0934. The number of hydrogen-bond donors (Lipinski definition) is 0. The minimum Gasteiger partial charge on any atom is -0.376 e. The van der Waals surface area contributed by atoms with Crippen molar-refractivity contribution in [3.05, 3.63) is 28.2 Å². The highest BCUT2D eigenvalue weighted by Gasteiger charge is 2.19. The van der Waals surface area contributed by atoms with Crippen molar-refractivity contribution in [2.24, 2.45) is 0 Å². The smallest absolute Gasteiger partial charge is 0.139 e. The van der Waals surface area contributed by atoms with Crippen LogP contribution < -0.4 is 0 Å². The topological polar surface area (TPSA) is 36.3 Å². The molecule has 2 heterocycles. The van der Waals surface area contributed by atoms with Crippen molar-refractivity contribution in [3.8, 4) is 0 Å². The van der Waals surface area contributed by atoms with Gasteiger partial charge in [-0.05, 0) is 22.0 Å². The van der Waals surface area contributed by atoms with E-state index in [1.165, 1.54) is 6.07 Å². The standard InChI is InChI=1S/C13H13BrClFN2O2/c14-9-3-11-12(4-10(9)16)18(13(5-15)17-11)6-8-7-19-1-2-20-8/h3-4,8H,1-2,5-7H2. The van der Waals surface area contributed by atoms with E-state index in [4.69, 9.17) is 21.1 Å². The van der Waals surface area contributed by atoms with Gasteiger partial charge in [-0.15, -0.1) is 11.6 Å². The fourth-order valence-electron chi connectivity index (χ4n) is 2.32. The zero-order valence-corrected chi connectivity index (χ0v) is 13.0. The van der Waals surface area contributed by atoms with Crippen molar-refractivity contribution in [3.63, 3.8) is 0 Å². The van der Waals surface area contributed by atoms with E-state index in [0.717, 1.165) is 5.52 Å². The predicted octanol–water partition coefficient (Wildman–Crippen LogP) is 3.09. The van der Waals surface area contributed by atoms with E-state index in [1.54, 1.807) is 6.07 Å². The maximum atomic E-state index is 13.7. The average Bonchev–Trinajstić information content (AvgIpc) is 2.78. The number of fused-ring (bicyclic) bond motifs is 1. The third kappa shape index (κ3) is 2.70. The molecule has 20 heavy (non-hydrogen) atoms. The van der Waals surface area contributed by atoms with Crippen molar-refractivity contribution in [1.82, 2.24) is 9.55 Å². The first-order chi connectivity index (χ1) is 9.69. The van der Waals surface area contributed by atoms with Crippen LogP contribution in [-0.4, -0.2) is 35.5 Å². The van der Waals surface area contributed by atoms with Crippen LogP contribution in [0, 0.1) is 5.82 Å². The Kier molecular flexibility index (Phi) is 4.26. The fourth-order valence-corrected chi connectivity index (χ4v) is 2.86. The minimum atomic E-state index is -0.319. The molecule has 2 aromatic rings. The van der Waals surface area contributed by atoms with Gasteiger partial charge in [-0.3, -0.25) is 0 Å². The molecule has 1 atom stereocenters. The third-order valence-electron chi connectivity index (χ3n) is 3.26. The molecule has 108 valence electrons. The molecule has 0 saturated carbocycles. The molecule has 1 saturated heterocycles. The largest absolute Gasteiger partial charge is 0.376 e. The van der Waals surface area contributed by atoms with Gasteiger partial charge in [-0.25, -0.2) is 9.37 Å². The molecule has 1 aliphatic heterocycles. The molecule has 0 radical (unpaired) electrons. The van der Waals surface area contributed by atoms with Gasteiger partial charge in [-0.2, -0.15) is 0 Å². The Morgan fingerprint density at radius 1 is 1.45 bits per heavy atom. The van der Waals surface area contributed by atoms with Crippen LogP contribution in [0.1, 0.15) is 5.82 Å². The van der Waals surface area contributed by atoms with Crippen LogP contribution in [0.25, 0.3) is 11.0 Å². The fraction of sp³-hybridized carbons (Fsp3) is 0.462. The number of halogens is 3. The van der Waals surface area contributed by atoms with E-state index in [-0.39, 0.29) is 17.8 Å². The summed E-state index contributed by atoms with van der Waals surface area (Å²) >= 11 is 9.11. The molecular formula is C13H13BrClFN2O2. The number of alkyl halides is 1. The Morgan fingerprint density at radius 2 is 2.30 bits per heavy atom. The SMILES string of the molecule is Fc1cc2c(cc1Br)nc(CCl)n2CC1COCCO1. The van der Waals surface area contributed by atoms with Crippen molar-refractivity contribution in [2.75, 3.05) is 19.8 Å². The van der Waals surface area contributed by atoms with E-state index < -0.39 is 0 Å². The second kappa shape index (κ2) is 5.97. The number of benzene rings is 1. The van der Waals surface area contributed by atoms with Gasteiger partial charge >= 0.3 is 0 Å². The lowest BCUT2D eigenvalue weighted by Crippen LogP contribution is -2.32. The highest BCUT2D eigenvalue weighted by Crippen LogP contribution is 2.25. The van der Waals surface area contributed by atoms with Crippen LogP contribution in [0.3, 0.4) is 0 Å². The molecule has 0 N–H and O–H groups in total. The van der Waals surface area contributed by atoms with Gasteiger partial charge in [0.1, 0.15) is 11.6 Å². The Labute approximate surface area is 128 Å². The number of aromatic nitrogens is 2. The van der Waals surface area contributed by atoms with E-state index in [0.29, 0.717) is 42.2 Å². The van der Waals surface area contributed by atoms with Crippen LogP contribution in [0.5, 0.6) is 0 Å². The Bertz CT molecular complexity index is 628. The molecule has 3 rings (SSSR count). The first-order valence-electron chi connectivity index (χ1n) is 6.28. The quantitative estimate of drug-likeness (QED) is 0.786. The molecule has 1 aromatic carbocycles.